The standard InChI is InChI=1S/C16H16F2N4O/c1-8-6-14(20-9(2)19-8)21-22-16(23)11-7-10(11)15-12(17)4-3-5-13(15)18/h3-6,10-11H,7H2,1-2H3,(H,22,23)(H,19,20,21)/t10-,11+/m0/s1. The van der Waals surface area contributed by atoms with Crippen LogP contribution < -0.4 is 10.9 Å². The summed E-state index contributed by atoms with van der Waals surface area (Å²) >= 11 is 0. The third-order valence-electron chi connectivity index (χ3n) is 3.78. The Morgan fingerprint density at radius 1 is 1.22 bits per heavy atom. The Morgan fingerprint density at radius 2 is 1.91 bits per heavy atom. The molecule has 3 rings (SSSR count). The number of benzene rings is 1. The van der Waals surface area contributed by atoms with Crippen molar-refractivity contribution >= 4 is 11.7 Å². The van der Waals surface area contributed by atoms with Crippen molar-refractivity contribution in [3.8, 4) is 0 Å². The fourth-order valence-corrected chi connectivity index (χ4v) is 2.67. The molecule has 1 heterocycles. The second kappa shape index (κ2) is 5.91. The van der Waals surface area contributed by atoms with Crippen LogP contribution in [0.25, 0.3) is 0 Å². The molecule has 0 bridgehead atoms. The molecule has 1 aromatic carbocycles. The molecule has 0 aliphatic heterocycles. The van der Waals surface area contributed by atoms with Crippen molar-refractivity contribution in [1.29, 1.82) is 0 Å². The number of hydrazine groups is 1. The number of amides is 1. The van der Waals surface area contributed by atoms with E-state index in [0.29, 0.717) is 18.1 Å². The third kappa shape index (κ3) is 3.28. The predicted octanol–water partition coefficient (Wildman–Crippen LogP) is 2.62. The van der Waals surface area contributed by atoms with Crippen molar-refractivity contribution in [2.24, 2.45) is 5.92 Å². The van der Waals surface area contributed by atoms with E-state index in [9.17, 15) is 13.6 Å². The maximum absolute atomic E-state index is 13.7. The number of rotatable bonds is 4. The zero-order valence-electron chi connectivity index (χ0n) is 12.7. The number of nitrogens with zero attached hydrogens (tertiary/aromatic N) is 2. The summed E-state index contributed by atoms with van der Waals surface area (Å²) in [7, 11) is 0. The van der Waals surface area contributed by atoms with E-state index in [4.69, 9.17) is 0 Å². The van der Waals surface area contributed by atoms with Gasteiger partial charge in [-0.3, -0.25) is 15.6 Å². The van der Waals surface area contributed by atoms with E-state index in [1.165, 1.54) is 18.2 Å². The predicted molar refractivity (Wildman–Crippen MR) is 80.5 cm³/mol. The van der Waals surface area contributed by atoms with Gasteiger partial charge in [0.2, 0.25) is 5.91 Å². The van der Waals surface area contributed by atoms with Crippen molar-refractivity contribution in [1.82, 2.24) is 15.4 Å². The number of anilines is 1. The normalized spacial score (nSPS) is 19.3. The summed E-state index contributed by atoms with van der Waals surface area (Å²) in [5.74, 6) is -1.35. The van der Waals surface area contributed by atoms with Gasteiger partial charge in [-0.15, -0.1) is 0 Å². The summed E-state index contributed by atoms with van der Waals surface area (Å²) in [5, 5.41) is 0. The van der Waals surface area contributed by atoms with Gasteiger partial charge in [0.25, 0.3) is 0 Å². The molecule has 0 spiro atoms. The Labute approximate surface area is 132 Å². The van der Waals surface area contributed by atoms with E-state index in [-0.39, 0.29) is 11.5 Å². The number of carbonyl (C=O) groups excluding carboxylic acids is 1. The van der Waals surface area contributed by atoms with Crippen LogP contribution in [0, 0.1) is 31.4 Å². The summed E-state index contributed by atoms with van der Waals surface area (Å²) in [4.78, 5) is 20.4. The van der Waals surface area contributed by atoms with E-state index >= 15 is 0 Å². The molecule has 120 valence electrons. The van der Waals surface area contributed by atoms with Gasteiger partial charge in [-0.1, -0.05) is 6.07 Å². The van der Waals surface area contributed by atoms with E-state index < -0.39 is 23.5 Å². The second-order valence-corrected chi connectivity index (χ2v) is 5.64. The summed E-state index contributed by atoms with van der Waals surface area (Å²) in [6.07, 6.45) is 0.424. The highest BCUT2D eigenvalue weighted by atomic mass is 19.1. The SMILES string of the molecule is Cc1cc(NNC(=O)[C@@H]2C[C@@H]2c2c(F)cccc2F)nc(C)n1. The molecule has 1 amide bonds. The topological polar surface area (TPSA) is 66.9 Å². The van der Waals surface area contributed by atoms with Gasteiger partial charge < -0.3 is 0 Å². The van der Waals surface area contributed by atoms with E-state index in [1.54, 1.807) is 13.0 Å². The Morgan fingerprint density at radius 3 is 2.57 bits per heavy atom. The number of aromatic nitrogens is 2. The minimum absolute atomic E-state index is 0.0126. The molecule has 2 aromatic rings. The number of halogens is 2. The highest BCUT2D eigenvalue weighted by Gasteiger charge is 2.46. The molecule has 5 nitrogen and oxygen atoms in total. The van der Waals surface area contributed by atoms with Crippen molar-refractivity contribution in [3.63, 3.8) is 0 Å². The minimum Gasteiger partial charge on any atom is -0.282 e. The zero-order chi connectivity index (χ0) is 16.6. The van der Waals surface area contributed by atoms with Gasteiger partial charge in [0, 0.05) is 29.2 Å². The van der Waals surface area contributed by atoms with Crippen LogP contribution in [0.5, 0.6) is 0 Å². The maximum Gasteiger partial charge on any atom is 0.242 e. The van der Waals surface area contributed by atoms with Gasteiger partial charge in [0.15, 0.2) is 0 Å². The first-order chi connectivity index (χ1) is 11.0. The van der Waals surface area contributed by atoms with Crippen LogP contribution in [0.3, 0.4) is 0 Å². The van der Waals surface area contributed by atoms with Crippen molar-refractivity contribution in [2.75, 3.05) is 5.43 Å². The Bertz CT molecular complexity index is 725. The quantitative estimate of drug-likeness (QED) is 0.851. The van der Waals surface area contributed by atoms with Crippen LogP contribution in [-0.2, 0) is 4.79 Å². The second-order valence-electron chi connectivity index (χ2n) is 5.64. The molecule has 0 saturated heterocycles. The lowest BCUT2D eigenvalue weighted by Crippen LogP contribution is -2.31. The first-order valence-electron chi connectivity index (χ1n) is 7.28. The number of carbonyl (C=O) groups is 1. The fourth-order valence-electron chi connectivity index (χ4n) is 2.67. The van der Waals surface area contributed by atoms with Crippen LogP contribution >= 0.6 is 0 Å². The van der Waals surface area contributed by atoms with Crippen molar-refractivity contribution < 1.29 is 13.6 Å². The Balaban J connectivity index is 1.62. The van der Waals surface area contributed by atoms with Crippen molar-refractivity contribution in [2.45, 2.75) is 26.2 Å². The minimum atomic E-state index is -0.611. The zero-order valence-corrected chi connectivity index (χ0v) is 12.7. The molecule has 23 heavy (non-hydrogen) atoms. The monoisotopic (exact) mass is 318 g/mol. The number of nitrogens with one attached hydrogen (secondary N) is 2. The molecule has 2 atom stereocenters. The van der Waals surface area contributed by atoms with Gasteiger partial charge >= 0.3 is 0 Å². The van der Waals surface area contributed by atoms with Crippen LogP contribution in [0.2, 0.25) is 0 Å². The molecule has 1 aliphatic rings. The van der Waals surface area contributed by atoms with Crippen LogP contribution in [0.15, 0.2) is 24.3 Å². The average Bonchev–Trinajstić information content (AvgIpc) is 3.24. The molecule has 2 N–H and O–H groups in total. The molecule has 1 saturated carbocycles. The molecule has 1 aromatic heterocycles. The first-order valence-corrected chi connectivity index (χ1v) is 7.28. The van der Waals surface area contributed by atoms with Gasteiger partial charge in [-0.2, -0.15) is 0 Å². The first kappa shape index (κ1) is 15.3. The molecule has 0 unspecified atom stereocenters. The lowest BCUT2D eigenvalue weighted by molar-refractivity contribution is -0.121. The highest BCUT2D eigenvalue weighted by molar-refractivity contribution is 5.83. The summed E-state index contributed by atoms with van der Waals surface area (Å²) in [6, 6.07) is 5.41. The summed E-state index contributed by atoms with van der Waals surface area (Å²) < 4.78 is 27.4. The van der Waals surface area contributed by atoms with Gasteiger partial charge in [0.1, 0.15) is 23.3 Å². The van der Waals surface area contributed by atoms with Crippen LogP contribution in [-0.4, -0.2) is 15.9 Å². The molecule has 0 radical (unpaired) electrons. The van der Waals surface area contributed by atoms with E-state index in [0.717, 1.165) is 5.69 Å². The smallest absolute Gasteiger partial charge is 0.242 e. The van der Waals surface area contributed by atoms with Gasteiger partial charge in [-0.25, -0.2) is 18.7 Å². The summed E-state index contributed by atoms with van der Waals surface area (Å²) in [6.45, 7) is 3.57. The van der Waals surface area contributed by atoms with Gasteiger partial charge in [0.05, 0.1) is 0 Å². The van der Waals surface area contributed by atoms with Crippen molar-refractivity contribution in [3.05, 3.63) is 53.0 Å². The fraction of sp³-hybridized carbons (Fsp3) is 0.312. The molecule has 7 heteroatoms. The third-order valence-corrected chi connectivity index (χ3v) is 3.78. The van der Waals surface area contributed by atoms with Crippen LogP contribution in [0.1, 0.15) is 29.4 Å². The number of hydrogen-bond acceptors (Lipinski definition) is 4. The highest BCUT2D eigenvalue weighted by Crippen LogP contribution is 2.49. The Kier molecular flexibility index (Phi) is 3.94. The Hall–Kier alpha value is -2.57. The molecular weight excluding hydrogens is 302 g/mol. The maximum atomic E-state index is 13.7. The molecular formula is C16H16F2N4O. The molecule has 1 fully saturated rings. The number of aryl methyl sites for hydroxylation is 2. The van der Waals surface area contributed by atoms with Crippen LogP contribution in [0.4, 0.5) is 14.6 Å². The number of hydrogen-bond donors (Lipinski definition) is 2. The largest absolute Gasteiger partial charge is 0.282 e. The summed E-state index contributed by atoms with van der Waals surface area (Å²) in [5.41, 5.74) is 6.00. The van der Waals surface area contributed by atoms with E-state index in [1.807, 2.05) is 6.92 Å². The van der Waals surface area contributed by atoms with Gasteiger partial charge in [-0.05, 0) is 32.4 Å². The lowest BCUT2D eigenvalue weighted by atomic mass is 10.1. The average molecular weight is 318 g/mol. The lowest BCUT2D eigenvalue weighted by Gasteiger charge is -2.09. The molecule has 1 aliphatic carbocycles. The van der Waals surface area contributed by atoms with E-state index in [2.05, 4.69) is 20.8 Å².